The molecule has 0 aliphatic rings. The van der Waals surface area contributed by atoms with E-state index in [2.05, 4.69) is 31.2 Å². The third-order valence-electron chi connectivity index (χ3n) is 4.04. The topological polar surface area (TPSA) is 73.8 Å². The van der Waals surface area contributed by atoms with Crippen molar-refractivity contribution in [3.8, 4) is 22.6 Å². The molecule has 7 heteroatoms. The van der Waals surface area contributed by atoms with Crippen LogP contribution in [0, 0.1) is 0 Å². The van der Waals surface area contributed by atoms with E-state index >= 15 is 0 Å². The Morgan fingerprint density at radius 1 is 0.926 bits per heavy atom. The van der Waals surface area contributed by atoms with Crippen LogP contribution in [0.4, 0.5) is 0 Å². The molecule has 0 unspecified atom stereocenters. The van der Waals surface area contributed by atoms with E-state index < -0.39 is 0 Å². The first-order valence-electron chi connectivity index (χ1n) is 8.41. The third-order valence-corrected chi connectivity index (χ3v) is 4.57. The molecule has 4 rings (SSSR count). The summed E-state index contributed by atoms with van der Waals surface area (Å²) in [7, 11) is 0. The van der Waals surface area contributed by atoms with E-state index in [-0.39, 0.29) is 5.56 Å². The van der Waals surface area contributed by atoms with Crippen molar-refractivity contribution in [2.75, 3.05) is 0 Å². The first-order chi connectivity index (χ1) is 13.2. The molecule has 0 atom stereocenters. The molecule has 0 amide bonds. The average Bonchev–Trinajstić information content (AvgIpc) is 3.17. The van der Waals surface area contributed by atoms with Gasteiger partial charge in [0.2, 0.25) is 11.7 Å². The Morgan fingerprint density at radius 2 is 1.70 bits per heavy atom. The zero-order valence-corrected chi connectivity index (χ0v) is 15.8. The monoisotopic (exact) mass is 422 g/mol. The summed E-state index contributed by atoms with van der Waals surface area (Å²) in [6.45, 7) is 0.363. The van der Waals surface area contributed by atoms with E-state index in [9.17, 15) is 4.79 Å². The van der Waals surface area contributed by atoms with Crippen LogP contribution in [0.2, 0.25) is 0 Å². The van der Waals surface area contributed by atoms with Crippen LogP contribution in [0.15, 0.2) is 80.5 Å². The van der Waals surface area contributed by atoms with Crippen LogP contribution in [0.3, 0.4) is 0 Å². The Morgan fingerprint density at radius 3 is 2.48 bits per heavy atom. The van der Waals surface area contributed by atoms with E-state index in [1.54, 1.807) is 6.07 Å². The summed E-state index contributed by atoms with van der Waals surface area (Å²) in [6.07, 6.45) is 0.425. The molecule has 0 saturated carbocycles. The summed E-state index contributed by atoms with van der Waals surface area (Å²) >= 11 is 3.40. The van der Waals surface area contributed by atoms with Gasteiger partial charge in [-0.3, -0.25) is 4.79 Å². The van der Waals surface area contributed by atoms with Gasteiger partial charge in [-0.25, -0.2) is 4.68 Å². The molecule has 4 aromatic rings. The Labute approximate surface area is 163 Å². The van der Waals surface area contributed by atoms with Crippen LogP contribution in [0.1, 0.15) is 5.89 Å². The van der Waals surface area contributed by atoms with Gasteiger partial charge in [0, 0.05) is 28.1 Å². The average molecular weight is 423 g/mol. The molecule has 0 aliphatic heterocycles. The molecular formula is C20H15BrN4O2. The maximum absolute atomic E-state index is 12.1. The molecule has 6 nitrogen and oxygen atoms in total. The van der Waals surface area contributed by atoms with E-state index in [1.165, 1.54) is 10.7 Å². The molecular weight excluding hydrogens is 408 g/mol. The highest BCUT2D eigenvalue weighted by atomic mass is 79.9. The van der Waals surface area contributed by atoms with Crippen LogP contribution >= 0.6 is 15.9 Å². The minimum Gasteiger partial charge on any atom is -0.339 e. The van der Waals surface area contributed by atoms with Crippen molar-refractivity contribution < 1.29 is 4.52 Å². The normalized spacial score (nSPS) is 10.9. The molecule has 0 saturated heterocycles. The maximum atomic E-state index is 12.1. The smallest absolute Gasteiger partial charge is 0.266 e. The number of halogens is 1. The molecule has 0 aliphatic carbocycles. The maximum Gasteiger partial charge on any atom is 0.266 e. The van der Waals surface area contributed by atoms with Gasteiger partial charge in [-0.2, -0.15) is 10.1 Å². The van der Waals surface area contributed by atoms with Gasteiger partial charge >= 0.3 is 0 Å². The second-order valence-electron chi connectivity index (χ2n) is 5.91. The van der Waals surface area contributed by atoms with Gasteiger partial charge in [-0.05, 0) is 30.3 Å². The van der Waals surface area contributed by atoms with Gasteiger partial charge in [-0.15, -0.1) is 0 Å². The molecule has 2 aromatic carbocycles. The fourth-order valence-electron chi connectivity index (χ4n) is 2.65. The summed E-state index contributed by atoms with van der Waals surface area (Å²) in [4.78, 5) is 16.5. The summed E-state index contributed by atoms with van der Waals surface area (Å²) in [5, 5.41) is 8.45. The van der Waals surface area contributed by atoms with E-state index in [0.717, 1.165) is 21.3 Å². The van der Waals surface area contributed by atoms with Crippen LogP contribution in [-0.2, 0) is 13.0 Å². The number of rotatable bonds is 5. The predicted octanol–water partition coefficient (Wildman–Crippen LogP) is 3.97. The third kappa shape index (κ3) is 4.03. The number of nitrogens with zero attached hydrogens (tertiary/aromatic N) is 4. The van der Waals surface area contributed by atoms with Gasteiger partial charge in [0.1, 0.15) is 0 Å². The highest BCUT2D eigenvalue weighted by molar-refractivity contribution is 9.10. The molecule has 134 valence electrons. The largest absolute Gasteiger partial charge is 0.339 e. The lowest BCUT2D eigenvalue weighted by molar-refractivity contribution is 0.368. The zero-order valence-electron chi connectivity index (χ0n) is 14.2. The molecule has 0 fully saturated rings. The van der Waals surface area contributed by atoms with E-state index in [0.29, 0.717) is 24.7 Å². The highest BCUT2D eigenvalue weighted by Crippen LogP contribution is 2.19. The Kier molecular flexibility index (Phi) is 4.93. The molecule has 0 N–H and O–H groups in total. The van der Waals surface area contributed by atoms with Crippen molar-refractivity contribution in [2.45, 2.75) is 13.0 Å². The Balaban J connectivity index is 1.51. The number of hydrogen-bond acceptors (Lipinski definition) is 5. The lowest BCUT2D eigenvalue weighted by Crippen LogP contribution is -2.23. The van der Waals surface area contributed by atoms with Crippen molar-refractivity contribution >= 4 is 15.9 Å². The molecule has 2 aromatic heterocycles. The van der Waals surface area contributed by atoms with Crippen molar-refractivity contribution in [2.24, 2.45) is 0 Å². The summed E-state index contributed by atoms with van der Waals surface area (Å²) in [6, 6.07) is 20.7. The minimum atomic E-state index is -0.165. The Bertz CT molecular complexity index is 1100. The highest BCUT2D eigenvalue weighted by Gasteiger charge is 2.10. The van der Waals surface area contributed by atoms with Crippen LogP contribution in [-0.4, -0.2) is 19.9 Å². The quantitative estimate of drug-likeness (QED) is 0.486. The summed E-state index contributed by atoms with van der Waals surface area (Å²) in [5.41, 5.74) is 2.41. The fourth-order valence-corrected chi connectivity index (χ4v) is 2.91. The molecule has 0 spiro atoms. The summed E-state index contributed by atoms with van der Waals surface area (Å²) < 4.78 is 7.72. The van der Waals surface area contributed by atoms with Crippen molar-refractivity contribution in [1.29, 1.82) is 0 Å². The summed E-state index contributed by atoms with van der Waals surface area (Å²) in [5.74, 6) is 0.988. The van der Waals surface area contributed by atoms with Gasteiger partial charge in [0.05, 0.1) is 12.2 Å². The Hall–Kier alpha value is -3.06. The first kappa shape index (κ1) is 17.4. The predicted molar refractivity (Wildman–Crippen MR) is 105 cm³/mol. The SMILES string of the molecule is O=c1ccc(-c2ccccc2)nn1CCc1nc(-c2ccc(Br)cc2)no1. The van der Waals surface area contributed by atoms with Crippen molar-refractivity contribution in [3.05, 3.63) is 87.4 Å². The van der Waals surface area contributed by atoms with Crippen molar-refractivity contribution in [3.63, 3.8) is 0 Å². The van der Waals surface area contributed by atoms with E-state index in [4.69, 9.17) is 4.52 Å². The lowest BCUT2D eigenvalue weighted by Gasteiger charge is -2.05. The zero-order chi connectivity index (χ0) is 18.6. The van der Waals surface area contributed by atoms with Gasteiger partial charge in [0.15, 0.2) is 0 Å². The lowest BCUT2D eigenvalue weighted by atomic mass is 10.1. The van der Waals surface area contributed by atoms with Crippen LogP contribution < -0.4 is 5.56 Å². The first-order valence-corrected chi connectivity index (χ1v) is 9.20. The molecule has 27 heavy (non-hydrogen) atoms. The second kappa shape index (κ2) is 7.67. The number of aryl methyl sites for hydroxylation is 2. The van der Waals surface area contributed by atoms with Crippen LogP contribution in [0.25, 0.3) is 22.6 Å². The van der Waals surface area contributed by atoms with Crippen LogP contribution in [0.5, 0.6) is 0 Å². The number of benzene rings is 2. The van der Waals surface area contributed by atoms with E-state index in [1.807, 2.05) is 54.6 Å². The standard InChI is InChI=1S/C20H15BrN4O2/c21-16-8-6-15(7-9-16)20-22-18(27-24-20)12-13-25-19(26)11-10-17(23-25)14-4-2-1-3-5-14/h1-11H,12-13H2. The van der Waals surface area contributed by atoms with Gasteiger partial charge in [-0.1, -0.05) is 51.4 Å². The fraction of sp³-hybridized carbons (Fsp3) is 0.100. The second-order valence-corrected chi connectivity index (χ2v) is 6.83. The number of aromatic nitrogens is 4. The molecule has 0 radical (unpaired) electrons. The van der Waals surface area contributed by atoms with Gasteiger partial charge in [0.25, 0.3) is 5.56 Å². The minimum absolute atomic E-state index is 0.165. The van der Waals surface area contributed by atoms with Gasteiger partial charge < -0.3 is 4.52 Å². The van der Waals surface area contributed by atoms with Crippen molar-refractivity contribution in [1.82, 2.24) is 19.9 Å². The molecule has 0 bridgehead atoms. The number of hydrogen-bond donors (Lipinski definition) is 0. The molecule has 2 heterocycles.